The third-order valence-corrected chi connectivity index (χ3v) is 9.51. The molecule has 2 rings (SSSR count). The van der Waals surface area contributed by atoms with Gasteiger partial charge in [0.15, 0.2) is 0 Å². The minimum Gasteiger partial charge on any atom is -0.325 e. The van der Waals surface area contributed by atoms with Crippen LogP contribution in [0.4, 0.5) is 11.4 Å². The fraction of sp³-hybridized carbons (Fsp3) is 0.611. The van der Waals surface area contributed by atoms with Crippen LogP contribution >= 0.6 is 0 Å². The number of hydrogen-bond donors (Lipinski definition) is 2. The van der Waals surface area contributed by atoms with Gasteiger partial charge < -0.3 is 10.6 Å². The van der Waals surface area contributed by atoms with E-state index in [2.05, 4.69) is 75.8 Å². The molecule has 252 valence electrons. The molecule has 0 aliphatic rings. The molecule has 0 atom stereocenters. The Morgan fingerprint density at radius 1 is 0.533 bits per heavy atom. The van der Waals surface area contributed by atoms with E-state index in [0.29, 0.717) is 48.1 Å². The maximum absolute atomic E-state index is 13.3. The van der Waals surface area contributed by atoms with E-state index < -0.39 is 9.84 Å². The van der Waals surface area contributed by atoms with Crippen LogP contribution in [0.15, 0.2) is 58.3 Å². The quantitative estimate of drug-likeness (QED) is 0.159. The molecule has 0 heterocycles. The summed E-state index contributed by atoms with van der Waals surface area (Å²) in [5.74, 6) is 2.03. The molecule has 9 heteroatoms. The van der Waals surface area contributed by atoms with Gasteiger partial charge >= 0.3 is 0 Å². The Bertz CT molecular complexity index is 1160. The van der Waals surface area contributed by atoms with Crippen LogP contribution in [0.2, 0.25) is 0 Å². The largest absolute Gasteiger partial charge is 0.325 e. The number of carbonyl (C=O) groups excluding carboxylic acids is 2. The highest BCUT2D eigenvalue weighted by atomic mass is 32.2. The number of anilines is 2. The standard InChI is InChI=1S/C36H58N4O4S/c1-27(2)17-21-39(22-18-28(3)4)25-35(41)37-31-9-13-33(14-10-31)45(43,44)34-15-11-32(12-16-34)38-36(42)26-40(23-19-29(5)6)24-20-30(7)8/h9-16,27-30H,17-26H2,1-8H3,(H,37,41)(H,38,42). The van der Waals surface area contributed by atoms with Gasteiger partial charge in [-0.1, -0.05) is 55.4 Å². The van der Waals surface area contributed by atoms with Crippen molar-refractivity contribution in [1.82, 2.24) is 9.80 Å². The minimum atomic E-state index is -3.77. The van der Waals surface area contributed by atoms with Gasteiger partial charge in [0.25, 0.3) is 0 Å². The molecule has 8 nitrogen and oxygen atoms in total. The zero-order chi connectivity index (χ0) is 33.6. The number of amides is 2. The fourth-order valence-corrected chi connectivity index (χ4v) is 5.94. The van der Waals surface area contributed by atoms with Crippen LogP contribution < -0.4 is 10.6 Å². The average molecular weight is 643 g/mol. The second-order valence-corrected chi connectivity index (χ2v) is 15.9. The number of hydrogen-bond acceptors (Lipinski definition) is 6. The van der Waals surface area contributed by atoms with Crippen LogP contribution in [0.25, 0.3) is 0 Å². The van der Waals surface area contributed by atoms with E-state index in [1.54, 1.807) is 24.3 Å². The summed E-state index contributed by atoms with van der Waals surface area (Å²) < 4.78 is 26.6. The van der Waals surface area contributed by atoms with Crippen LogP contribution in [0, 0.1) is 23.7 Å². The van der Waals surface area contributed by atoms with Crippen LogP contribution in [0.5, 0.6) is 0 Å². The van der Waals surface area contributed by atoms with Crippen LogP contribution in [0.1, 0.15) is 81.1 Å². The molecule has 0 radical (unpaired) electrons. The smallest absolute Gasteiger partial charge is 0.238 e. The summed E-state index contributed by atoms with van der Waals surface area (Å²) in [6, 6.07) is 12.5. The third-order valence-electron chi connectivity index (χ3n) is 7.72. The zero-order valence-corrected chi connectivity index (χ0v) is 29.8. The molecule has 45 heavy (non-hydrogen) atoms. The van der Waals surface area contributed by atoms with Gasteiger partial charge in [0.2, 0.25) is 21.7 Å². The first-order valence-electron chi connectivity index (χ1n) is 16.6. The predicted molar refractivity (Wildman–Crippen MR) is 186 cm³/mol. The molecular formula is C36H58N4O4S. The predicted octanol–water partition coefficient (Wildman–Crippen LogP) is 7.18. The summed E-state index contributed by atoms with van der Waals surface area (Å²) >= 11 is 0. The molecule has 2 amide bonds. The minimum absolute atomic E-state index is 0.112. The Morgan fingerprint density at radius 2 is 0.800 bits per heavy atom. The van der Waals surface area contributed by atoms with Crippen molar-refractivity contribution in [3.05, 3.63) is 48.5 Å². The van der Waals surface area contributed by atoms with E-state index in [4.69, 9.17) is 0 Å². The highest BCUT2D eigenvalue weighted by Gasteiger charge is 2.19. The summed E-state index contributed by atoms with van der Waals surface area (Å²) in [5, 5.41) is 5.83. The van der Waals surface area contributed by atoms with Crippen molar-refractivity contribution in [2.24, 2.45) is 23.7 Å². The Morgan fingerprint density at radius 3 is 1.04 bits per heavy atom. The Balaban J connectivity index is 1.99. The first-order valence-corrected chi connectivity index (χ1v) is 18.1. The molecule has 0 saturated heterocycles. The van der Waals surface area contributed by atoms with Gasteiger partial charge in [-0.3, -0.25) is 19.4 Å². The van der Waals surface area contributed by atoms with Crippen LogP contribution in [-0.4, -0.2) is 69.3 Å². The van der Waals surface area contributed by atoms with E-state index in [1.165, 1.54) is 24.3 Å². The maximum Gasteiger partial charge on any atom is 0.238 e. The van der Waals surface area contributed by atoms with Crippen molar-refractivity contribution in [1.29, 1.82) is 0 Å². The molecule has 0 bridgehead atoms. The van der Waals surface area contributed by atoms with E-state index >= 15 is 0 Å². The number of rotatable bonds is 20. The van der Waals surface area contributed by atoms with Crippen LogP contribution in [-0.2, 0) is 19.4 Å². The first-order chi connectivity index (χ1) is 21.1. The molecule has 2 aromatic rings. The van der Waals surface area contributed by atoms with E-state index in [9.17, 15) is 18.0 Å². The van der Waals surface area contributed by atoms with Gasteiger partial charge in [-0.2, -0.15) is 0 Å². The zero-order valence-electron chi connectivity index (χ0n) is 28.9. The molecule has 2 N–H and O–H groups in total. The molecule has 0 spiro atoms. The lowest BCUT2D eigenvalue weighted by molar-refractivity contribution is -0.118. The molecule has 0 aliphatic heterocycles. The molecule has 0 aromatic heterocycles. The summed E-state index contributed by atoms with van der Waals surface area (Å²) in [7, 11) is -3.77. The second-order valence-electron chi connectivity index (χ2n) is 13.9. The topological polar surface area (TPSA) is 98.8 Å². The van der Waals surface area contributed by atoms with Crippen molar-refractivity contribution in [2.45, 2.75) is 90.9 Å². The van der Waals surface area contributed by atoms with Gasteiger partial charge in [0, 0.05) is 11.4 Å². The molecular weight excluding hydrogens is 584 g/mol. The summed E-state index contributed by atoms with van der Waals surface area (Å²) in [4.78, 5) is 30.3. The number of carbonyl (C=O) groups is 2. The molecule has 0 saturated carbocycles. The number of benzene rings is 2. The van der Waals surface area contributed by atoms with Crippen molar-refractivity contribution in [3.8, 4) is 0 Å². The fourth-order valence-electron chi connectivity index (χ4n) is 4.68. The van der Waals surface area contributed by atoms with Crippen molar-refractivity contribution < 1.29 is 18.0 Å². The van der Waals surface area contributed by atoms with E-state index in [0.717, 1.165) is 51.9 Å². The van der Waals surface area contributed by atoms with E-state index in [1.807, 2.05) is 0 Å². The molecule has 2 aromatic carbocycles. The van der Waals surface area contributed by atoms with Crippen molar-refractivity contribution >= 4 is 33.0 Å². The summed E-state index contributed by atoms with van der Waals surface area (Å²) in [6.07, 6.45) is 4.11. The number of sulfone groups is 1. The highest BCUT2D eigenvalue weighted by molar-refractivity contribution is 7.91. The van der Waals surface area contributed by atoms with Gasteiger partial charge in [0.05, 0.1) is 22.9 Å². The highest BCUT2D eigenvalue weighted by Crippen LogP contribution is 2.24. The molecule has 0 fully saturated rings. The first kappa shape index (κ1) is 38.4. The molecule has 0 aliphatic carbocycles. The SMILES string of the molecule is CC(C)CCN(CCC(C)C)CC(=O)Nc1ccc(S(=O)(=O)c2ccc(NC(=O)CN(CCC(C)C)CCC(C)C)cc2)cc1. The second kappa shape index (κ2) is 19.0. The summed E-state index contributed by atoms with van der Waals surface area (Å²) in [6.45, 7) is 21.5. The summed E-state index contributed by atoms with van der Waals surface area (Å²) in [5.41, 5.74) is 1.11. The Labute approximate surface area is 273 Å². The van der Waals surface area contributed by atoms with Gasteiger partial charge in [0.1, 0.15) is 0 Å². The monoisotopic (exact) mass is 642 g/mol. The van der Waals surface area contributed by atoms with Crippen molar-refractivity contribution in [3.63, 3.8) is 0 Å². The van der Waals surface area contributed by atoms with E-state index in [-0.39, 0.29) is 21.6 Å². The lowest BCUT2D eigenvalue weighted by Gasteiger charge is -2.23. The Kier molecular flexibility index (Phi) is 16.3. The third kappa shape index (κ3) is 14.9. The van der Waals surface area contributed by atoms with Gasteiger partial charge in [-0.05, 0) is 124 Å². The normalized spacial score (nSPS) is 12.2. The van der Waals surface area contributed by atoms with Crippen molar-refractivity contribution in [2.75, 3.05) is 49.9 Å². The molecule has 0 unspecified atom stereocenters. The Hall–Kier alpha value is -2.75. The maximum atomic E-state index is 13.3. The number of nitrogens with zero attached hydrogens (tertiary/aromatic N) is 2. The lowest BCUT2D eigenvalue weighted by atomic mass is 10.1. The van der Waals surface area contributed by atoms with Gasteiger partial charge in [-0.25, -0.2) is 8.42 Å². The number of nitrogens with one attached hydrogen (secondary N) is 2. The van der Waals surface area contributed by atoms with Gasteiger partial charge in [-0.15, -0.1) is 0 Å². The lowest BCUT2D eigenvalue weighted by Crippen LogP contribution is -2.35. The van der Waals surface area contributed by atoms with Crippen LogP contribution in [0.3, 0.4) is 0 Å². The average Bonchev–Trinajstić information content (AvgIpc) is 2.96.